The molecule has 10 heteroatoms. The Bertz CT molecular complexity index is 1190. The van der Waals surface area contributed by atoms with E-state index in [1.54, 1.807) is 55.5 Å². The van der Waals surface area contributed by atoms with Gasteiger partial charge in [-0.05, 0) is 37.3 Å². The minimum atomic E-state index is -0.446. The van der Waals surface area contributed by atoms with Crippen LogP contribution in [0.15, 0.2) is 53.4 Å². The Morgan fingerprint density at radius 1 is 1.12 bits per heavy atom. The molecule has 1 saturated heterocycles. The van der Waals surface area contributed by atoms with E-state index in [4.69, 9.17) is 17.0 Å². The fourth-order valence-electron chi connectivity index (χ4n) is 3.38. The number of fused-ring (bicyclic) bond motifs is 1. The normalized spacial score (nSPS) is 17.3. The van der Waals surface area contributed by atoms with Gasteiger partial charge >= 0.3 is 5.97 Å². The zero-order valence-corrected chi connectivity index (χ0v) is 18.5. The van der Waals surface area contributed by atoms with Crippen LogP contribution in [0.1, 0.15) is 22.8 Å². The molecule has 8 nitrogen and oxygen atoms in total. The van der Waals surface area contributed by atoms with E-state index in [2.05, 4.69) is 10.6 Å². The molecule has 162 valence electrons. The Balaban J connectivity index is 1.53. The number of benzene rings is 2. The lowest BCUT2D eigenvalue weighted by Gasteiger charge is -2.17. The third-order valence-electron chi connectivity index (χ3n) is 4.75. The molecule has 0 radical (unpaired) electrons. The lowest BCUT2D eigenvalue weighted by molar-refractivity contribution is -0.118. The summed E-state index contributed by atoms with van der Waals surface area (Å²) in [6, 6.07) is 13.2. The first-order valence-corrected chi connectivity index (χ1v) is 10.9. The van der Waals surface area contributed by atoms with E-state index in [0.29, 0.717) is 22.5 Å². The Morgan fingerprint density at radius 3 is 2.50 bits per heavy atom. The average Bonchev–Trinajstić information content (AvgIpc) is 3.24. The van der Waals surface area contributed by atoms with Crippen LogP contribution in [0, 0.1) is 0 Å². The third-order valence-corrected chi connectivity index (χ3v) is 5.98. The number of hydrogen-bond donors (Lipinski definition) is 2. The molecule has 0 unspecified atom stereocenters. The predicted molar refractivity (Wildman–Crippen MR) is 125 cm³/mol. The predicted octanol–water partition coefficient (Wildman–Crippen LogP) is 2.71. The van der Waals surface area contributed by atoms with Crippen molar-refractivity contribution in [3.8, 4) is 0 Å². The molecule has 1 fully saturated rings. The van der Waals surface area contributed by atoms with Gasteiger partial charge in [0.15, 0.2) is 0 Å². The summed E-state index contributed by atoms with van der Waals surface area (Å²) in [6.07, 6.45) is 0. The second-order valence-electron chi connectivity index (χ2n) is 6.80. The lowest BCUT2D eigenvalue weighted by Crippen LogP contribution is -2.35. The Kier molecular flexibility index (Phi) is 6.06. The monoisotopic (exact) mass is 467 g/mol. The van der Waals surface area contributed by atoms with Crippen LogP contribution in [0.25, 0.3) is 5.57 Å². The maximum Gasteiger partial charge on any atom is 0.338 e. The van der Waals surface area contributed by atoms with Crippen LogP contribution in [-0.4, -0.2) is 41.2 Å². The molecule has 32 heavy (non-hydrogen) atoms. The topological polar surface area (TPSA) is 105 Å². The zero-order valence-electron chi connectivity index (χ0n) is 16.8. The Labute approximate surface area is 193 Å². The van der Waals surface area contributed by atoms with Crippen LogP contribution in [0.4, 0.5) is 11.4 Å². The van der Waals surface area contributed by atoms with Crippen molar-refractivity contribution in [3.63, 3.8) is 0 Å². The first kappa shape index (κ1) is 21.7. The number of thioether (sulfide) groups is 1. The van der Waals surface area contributed by atoms with Crippen LogP contribution >= 0.6 is 24.0 Å². The van der Waals surface area contributed by atoms with Crippen molar-refractivity contribution in [3.05, 3.63) is 64.6 Å². The van der Waals surface area contributed by atoms with Crippen LogP contribution in [0.5, 0.6) is 0 Å². The number of thiocarbonyl (C=S) groups is 1. The number of amides is 3. The largest absolute Gasteiger partial charge is 0.462 e. The quantitative estimate of drug-likeness (QED) is 0.396. The second-order valence-corrected chi connectivity index (χ2v) is 8.49. The first-order chi connectivity index (χ1) is 15.4. The molecule has 2 N–H and O–H groups in total. The highest BCUT2D eigenvalue weighted by molar-refractivity contribution is 8.27. The summed E-state index contributed by atoms with van der Waals surface area (Å²) in [5.41, 5.74) is 2.19. The summed E-state index contributed by atoms with van der Waals surface area (Å²) in [6.45, 7) is 1.74. The van der Waals surface area contributed by atoms with Gasteiger partial charge in [0.05, 0.1) is 28.3 Å². The summed E-state index contributed by atoms with van der Waals surface area (Å²) in [5.74, 6) is -1.74. The van der Waals surface area contributed by atoms with Gasteiger partial charge in [0.25, 0.3) is 11.8 Å². The number of nitrogens with one attached hydrogen (secondary N) is 2. The van der Waals surface area contributed by atoms with Crippen molar-refractivity contribution in [2.75, 3.05) is 23.4 Å². The summed E-state index contributed by atoms with van der Waals surface area (Å²) < 4.78 is 5.22. The molecule has 0 saturated carbocycles. The molecule has 2 aromatic carbocycles. The first-order valence-electron chi connectivity index (χ1n) is 9.64. The molecule has 0 aliphatic carbocycles. The number of esters is 1. The van der Waals surface area contributed by atoms with Gasteiger partial charge in [0.2, 0.25) is 5.91 Å². The maximum atomic E-state index is 13.2. The van der Waals surface area contributed by atoms with Gasteiger partial charge in [-0.1, -0.05) is 42.2 Å². The highest BCUT2D eigenvalue weighted by atomic mass is 32.2. The molecule has 2 aromatic rings. The molecule has 4 rings (SSSR count). The SMILES string of the molecule is CCOC(=O)c1ccc(NC(=O)CN2C(=O)/C(=C3/SC(=S)NC3=O)c3ccccc32)cc1. The van der Waals surface area contributed by atoms with E-state index >= 15 is 0 Å². The van der Waals surface area contributed by atoms with Crippen LogP contribution < -0.4 is 15.5 Å². The zero-order chi connectivity index (χ0) is 22.8. The number of rotatable bonds is 5. The van der Waals surface area contributed by atoms with E-state index in [9.17, 15) is 19.2 Å². The highest BCUT2D eigenvalue weighted by Gasteiger charge is 2.39. The van der Waals surface area contributed by atoms with Crippen LogP contribution in [0.3, 0.4) is 0 Å². The van der Waals surface area contributed by atoms with Crippen molar-refractivity contribution in [1.29, 1.82) is 0 Å². The standard InChI is InChI=1S/C22H17N3O5S2/c1-2-30-21(29)12-7-9-13(10-8-12)23-16(26)11-25-15-6-4-3-5-14(15)17(20(25)28)18-19(27)24-22(31)32-18/h3-10H,2,11H2,1H3,(H,23,26)(H,24,27,31)/b18-17+. The fourth-order valence-corrected chi connectivity index (χ4v) is 4.50. The van der Waals surface area contributed by atoms with Crippen LogP contribution in [-0.2, 0) is 19.1 Å². The van der Waals surface area contributed by atoms with E-state index in [-0.39, 0.29) is 28.0 Å². The van der Waals surface area contributed by atoms with Gasteiger partial charge in [0, 0.05) is 11.3 Å². The van der Waals surface area contributed by atoms with Crippen molar-refractivity contribution >= 4 is 68.9 Å². The highest BCUT2D eigenvalue weighted by Crippen LogP contribution is 2.42. The molecular formula is C22H17N3O5S2. The number of anilines is 2. The van der Waals surface area contributed by atoms with Gasteiger partial charge in [-0.2, -0.15) is 0 Å². The van der Waals surface area contributed by atoms with E-state index in [1.165, 1.54) is 4.90 Å². The molecule has 2 aliphatic rings. The minimum Gasteiger partial charge on any atom is -0.462 e. The van der Waals surface area contributed by atoms with Crippen molar-refractivity contribution in [2.24, 2.45) is 0 Å². The number of ether oxygens (including phenoxy) is 1. The summed E-state index contributed by atoms with van der Waals surface area (Å²) in [7, 11) is 0. The second kappa shape index (κ2) is 8.93. The molecule has 0 spiro atoms. The van der Waals surface area contributed by atoms with Gasteiger partial charge < -0.3 is 15.4 Å². The number of nitrogens with zero attached hydrogens (tertiary/aromatic N) is 1. The third kappa shape index (κ3) is 4.14. The van der Waals surface area contributed by atoms with Gasteiger partial charge in [0.1, 0.15) is 10.9 Å². The molecule has 0 aromatic heterocycles. The van der Waals surface area contributed by atoms with E-state index in [0.717, 1.165) is 11.8 Å². The molecule has 2 aliphatic heterocycles. The van der Waals surface area contributed by atoms with E-state index < -0.39 is 23.7 Å². The number of hydrogen-bond acceptors (Lipinski definition) is 7. The van der Waals surface area contributed by atoms with Gasteiger partial charge in [-0.3, -0.25) is 19.3 Å². The van der Waals surface area contributed by atoms with Gasteiger partial charge in [-0.25, -0.2) is 4.79 Å². The Morgan fingerprint density at radius 2 is 1.84 bits per heavy atom. The molecule has 3 amide bonds. The molecule has 2 heterocycles. The summed E-state index contributed by atoms with van der Waals surface area (Å²) >= 11 is 6.07. The average molecular weight is 468 g/mol. The number of carbonyl (C=O) groups excluding carboxylic acids is 4. The number of carbonyl (C=O) groups is 4. The fraction of sp³-hybridized carbons (Fsp3) is 0.136. The summed E-state index contributed by atoms with van der Waals surface area (Å²) in [5, 5.41) is 5.23. The van der Waals surface area contributed by atoms with E-state index in [1.807, 2.05) is 0 Å². The Hall–Kier alpha value is -3.50. The van der Waals surface area contributed by atoms with Crippen molar-refractivity contribution in [1.82, 2.24) is 5.32 Å². The summed E-state index contributed by atoms with van der Waals surface area (Å²) in [4.78, 5) is 51.4. The van der Waals surface area contributed by atoms with Gasteiger partial charge in [-0.15, -0.1) is 0 Å². The maximum absolute atomic E-state index is 13.2. The minimum absolute atomic E-state index is 0.227. The lowest BCUT2D eigenvalue weighted by atomic mass is 10.1. The molecule has 0 atom stereocenters. The van der Waals surface area contributed by atoms with Crippen molar-refractivity contribution in [2.45, 2.75) is 6.92 Å². The smallest absolute Gasteiger partial charge is 0.338 e. The molecular weight excluding hydrogens is 450 g/mol. The molecule has 0 bridgehead atoms. The van der Waals surface area contributed by atoms with Crippen molar-refractivity contribution < 1.29 is 23.9 Å². The van der Waals surface area contributed by atoms with Crippen LogP contribution in [0.2, 0.25) is 0 Å². The number of para-hydroxylation sites is 1.